The summed E-state index contributed by atoms with van der Waals surface area (Å²) in [5.74, 6) is -1.19. The standard InChI is InChI=1S/C11H11BrN2O3S/c12-5-1-9(18-4-5)7-3-14(11(17)13-7)8-2-6(8)10(15)16/h1,4,6-8H,2-3H2,(H,13,17)(H,15,16). The topological polar surface area (TPSA) is 69.6 Å². The number of nitrogens with one attached hydrogen (secondary N) is 1. The Labute approximate surface area is 116 Å². The van der Waals surface area contributed by atoms with Gasteiger partial charge in [0.25, 0.3) is 0 Å². The fourth-order valence-corrected chi connectivity index (χ4v) is 3.79. The lowest BCUT2D eigenvalue weighted by atomic mass is 10.2. The van der Waals surface area contributed by atoms with Gasteiger partial charge in [0.15, 0.2) is 0 Å². The van der Waals surface area contributed by atoms with Crippen LogP contribution in [0.25, 0.3) is 0 Å². The molecule has 0 radical (unpaired) electrons. The second-order valence-electron chi connectivity index (χ2n) is 4.57. The summed E-state index contributed by atoms with van der Waals surface area (Å²) in [6.07, 6.45) is 0.573. The lowest BCUT2D eigenvalue weighted by Gasteiger charge is -2.13. The van der Waals surface area contributed by atoms with Crippen LogP contribution >= 0.6 is 27.3 Å². The number of amides is 2. The maximum absolute atomic E-state index is 11.8. The van der Waals surface area contributed by atoms with Crippen molar-refractivity contribution in [3.8, 4) is 0 Å². The summed E-state index contributed by atoms with van der Waals surface area (Å²) in [4.78, 5) is 25.4. The molecule has 3 atom stereocenters. The van der Waals surface area contributed by atoms with Crippen LogP contribution in [0, 0.1) is 5.92 Å². The number of aliphatic carboxylic acids is 1. The minimum Gasteiger partial charge on any atom is -0.481 e. The fraction of sp³-hybridized carbons (Fsp3) is 0.455. The molecule has 2 aliphatic rings. The normalized spacial score (nSPS) is 30.4. The summed E-state index contributed by atoms with van der Waals surface area (Å²) < 4.78 is 1.00. The van der Waals surface area contributed by atoms with Crippen LogP contribution in [-0.2, 0) is 4.79 Å². The van der Waals surface area contributed by atoms with E-state index < -0.39 is 5.97 Å². The van der Waals surface area contributed by atoms with Gasteiger partial charge in [-0.3, -0.25) is 4.79 Å². The first-order valence-corrected chi connectivity index (χ1v) is 7.27. The first kappa shape index (κ1) is 12.0. The van der Waals surface area contributed by atoms with Gasteiger partial charge in [-0.2, -0.15) is 0 Å². The molecule has 1 aromatic heterocycles. The van der Waals surface area contributed by atoms with Crippen LogP contribution in [-0.4, -0.2) is 34.6 Å². The van der Waals surface area contributed by atoms with Gasteiger partial charge in [-0.1, -0.05) is 0 Å². The summed E-state index contributed by atoms with van der Waals surface area (Å²) in [6.45, 7) is 0.556. The van der Waals surface area contributed by atoms with Gasteiger partial charge in [0.2, 0.25) is 0 Å². The molecule has 0 spiro atoms. The number of urea groups is 1. The molecule has 96 valence electrons. The van der Waals surface area contributed by atoms with Gasteiger partial charge >= 0.3 is 12.0 Å². The average molecular weight is 331 g/mol. The molecule has 2 N–H and O–H groups in total. The number of thiophene rings is 1. The maximum atomic E-state index is 11.8. The van der Waals surface area contributed by atoms with Crippen molar-refractivity contribution in [3.63, 3.8) is 0 Å². The molecule has 1 saturated carbocycles. The van der Waals surface area contributed by atoms with Gasteiger partial charge in [-0.15, -0.1) is 11.3 Å². The van der Waals surface area contributed by atoms with Crippen molar-refractivity contribution in [3.05, 3.63) is 20.8 Å². The summed E-state index contributed by atoms with van der Waals surface area (Å²) in [7, 11) is 0. The van der Waals surface area contributed by atoms with Crippen LogP contribution in [0.4, 0.5) is 4.79 Å². The SMILES string of the molecule is O=C(O)C1CC1N1CC(c2cc(Br)cs2)NC1=O. The summed E-state index contributed by atoms with van der Waals surface area (Å²) >= 11 is 4.97. The minimum atomic E-state index is -0.810. The quantitative estimate of drug-likeness (QED) is 0.891. The van der Waals surface area contributed by atoms with E-state index in [0.29, 0.717) is 13.0 Å². The molecule has 1 saturated heterocycles. The number of nitrogens with zero attached hydrogens (tertiary/aromatic N) is 1. The molecule has 1 aliphatic heterocycles. The number of halogens is 1. The van der Waals surface area contributed by atoms with Crippen LogP contribution < -0.4 is 5.32 Å². The Balaban J connectivity index is 1.70. The third kappa shape index (κ3) is 2.01. The van der Waals surface area contributed by atoms with Crippen molar-refractivity contribution in [1.82, 2.24) is 10.2 Å². The molecule has 1 aliphatic carbocycles. The summed E-state index contributed by atoms with van der Waals surface area (Å²) in [6, 6.07) is 1.68. The molecule has 2 heterocycles. The monoisotopic (exact) mass is 330 g/mol. The number of carbonyl (C=O) groups excluding carboxylic acids is 1. The number of carbonyl (C=O) groups is 2. The number of carboxylic acids is 1. The molecule has 3 rings (SSSR count). The zero-order valence-electron chi connectivity index (χ0n) is 9.30. The third-order valence-corrected chi connectivity index (χ3v) is 5.15. The average Bonchev–Trinajstić information content (AvgIpc) is 2.85. The van der Waals surface area contributed by atoms with Crippen LogP contribution in [0.1, 0.15) is 17.3 Å². The second-order valence-corrected chi connectivity index (χ2v) is 6.43. The van der Waals surface area contributed by atoms with E-state index in [-0.39, 0.29) is 24.0 Å². The van der Waals surface area contributed by atoms with Crippen molar-refractivity contribution in [2.45, 2.75) is 18.5 Å². The van der Waals surface area contributed by atoms with Gasteiger partial charge in [0.1, 0.15) is 0 Å². The van der Waals surface area contributed by atoms with Gasteiger partial charge in [0.05, 0.1) is 12.0 Å². The predicted molar refractivity (Wildman–Crippen MR) is 69.5 cm³/mol. The smallest absolute Gasteiger partial charge is 0.318 e. The van der Waals surface area contributed by atoms with Crippen LogP contribution in [0.2, 0.25) is 0 Å². The third-order valence-electron chi connectivity index (χ3n) is 3.34. The Morgan fingerprint density at radius 3 is 2.94 bits per heavy atom. The lowest BCUT2D eigenvalue weighted by Crippen LogP contribution is -2.32. The molecular weight excluding hydrogens is 320 g/mol. The highest BCUT2D eigenvalue weighted by Gasteiger charge is 2.51. The molecule has 2 fully saturated rings. The maximum Gasteiger partial charge on any atom is 0.318 e. The zero-order chi connectivity index (χ0) is 12.9. The molecule has 5 nitrogen and oxygen atoms in total. The number of rotatable bonds is 3. The van der Waals surface area contributed by atoms with Gasteiger partial charge in [-0.25, -0.2) is 4.79 Å². The van der Waals surface area contributed by atoms with E-state index in [4.69, 9.17) is 5.11 Å². The van der Waals surface area contributed by atoms with Crippen LogP contribution in [0.5, 0.6) is 0 Å². The van der Waals surface area contributed by atoms with Gasteiger partial charge in [0, 0.05) is 27.3 Å². The first-order chi connectivity index (χ1) is 8.56. The highest BCUT2D eigenvalue weighted by molar-refractivity contribution is 9.10. The van der Waals surface area contributed by atoms with Crippen LogP contribution in [0.15, 0.2) is 15.9 Å². The van der Waals surface area contributed by atoms with Gasteiger partial charge < -0.3 is 15.3 Å². The highest BCUT2D eigenvalue weighted by Crippen LogP contribution is 2.39. The number of hydrogen-bond acceptors (Lipinski definition) is 3. The summed E-state index contributed by atoms with van der Waals surface area (Å²) in [5, 5.41) is 13.8. The highest BCUT2D eigenvalue weighted by atomic mass is 79.9. The Morgan fingerprint density at radius 2 is 2.39 bits per heavy atom. The van der Waals surface area contributed by atoms with Crippen molar-refractivity contribution in [2.75, 3.05) is 6.54 Å². The van der Waals surface area contributed by atoms with E-state index in [1.807, 2.05) is 11.4 Å². The first-order valence-electron chi connectivity index (χ1n) is 5.60. The van der Waals surface area contributed by atoms with E-state index in [0.717, 1.165) is 9.35 Å². The molecule has 18 heavy (non-hydrogen) atoms. The molecule has 1 aromatic rings. The Hall–Kier alpha value is -1.08. The van der Waals surface area contributed by atoms with Crippen molar-refractivity contribution >= 4 is 39.3 Å². The van der Waals surface area contributed by atoms with E-state index >= 15 is 0 Å². The van der Waals surface area contributed by atoms with Crippen molar-refractivity contribution < 1.29 is 14.7 Å². The molecule has 0 aromatic carbocycles. The lowest BCUT2D eigenvalue weighted by molar-refractivity contribution is -0.138. The van der Waals surface area contributed by atoms with E-state index in [2.05, 4.69) is 21.2 Å². The number of carboxylic acid groups (broad SMARTS) is 1. The van der Waals surface area contributed by atoms with Crippen LogP contribution in [0.3, 0.4) is 0 Å². The summed E-state index contributed by atoms with van der Waals surface area (Å²) in [5.41, 5.74) is 0. The zero-order valence-corrected chi connectivity index (χ0v) is 11.7. The van der Waals surface area contributed by atoms with E-state index in [1.54, 1.807) is 16.2 Å². The Morgan fingerprint density at radius 1 is 1.61 bits per heavy atom. The predicted octanol–water partition coefficient (Wildman–Crippen LogP) is 2.05. The molecule has 0 bridgehead atoms. The van der Waals surface area contributed by atoms with Crippen molar-refractivity contribution in [1.29, 1.82) is 0 Å². The Bertz CT molecular complexity index is 518. The fourth-order valence-electron chi connectivity index (χ4n) is 2.31. The Kier molecular flexibility index (Phi) is 2.82. The molecular formula is C11H11BrN2O3S. The molecule has 2 amide bonds. The number of hydrogen-bond donors (Lipinski definition) is 2. The second kappa shape index (κ2) is 4.24. The minimum absolute atomic E-state index is 0.0242. The van der Waals surface area contributed by atoms with Gasteiger partial charge in [-0.05, 0) is 28.4 Å². The van der Waals surface area contributed by atoms with E-state index in [9.17, 15) is 9.59 Å². The molecule has 3 unspecified atom stereocenters. The van der Waals surface area contributed by atoms with Crippen molar-refractivity contribution in [2.24, 2.45) is 5.92 Å². The van der Waals surface area contributed by atoms with E-state index in [1.165, 1.54) is 0 Å². The largest absolute Gasteiger partial charge is 0.481 e. The molecule has 7 heteroatoms.